The monoisotopic (exact) mass is 180 g/mol. The zero-order valence-corrected chi connectivity index (χ0v) is 10.1. The minimum Gasteiger partial charge on any atom is -0.0958 e. The second-order valence-corrected chi connectivity index (χ2v) is 3.00. The van der Waals surface area contributed by atoms with Crippen LogP contribution in [0.1, 0.15) is 48.0 Å². The smallest absolute Gasteiger partial charge is 0.0349 e. The summed E-state index contributed by atoms with van der Waals surface area (Å²) >= 11 is 0. The average Bonchev–Trinajstić information content (AvgIpc) is 2.16. The van der Waals surface area contributed by atoms with Gasteiger partial charge >= 0.3 is 0 Å². The second-order valence-electron chi connectivity index (χ2n) is 3.00. The summed E-state index contributed by atoms with van der Waals surface area (Å²) in [6.07, 6.45) is 5.41. The molecule has 0 rings (SSSR count). The van der Waals surface area contributed by atoms with Crippen molar-refractivity contribution in [3.63, 3.8) is 0 Å². The van der Waals surface area contributed by atoms with Crippen molar-refractivity contribution >= 4 is 0 Å². The fourth-order valence-electron chi connectivity index (χ4n) is 0.527. The van der Waals surface area contributed by atoms with Crippen LogP contribution >= 0.6 is 0 Å². The third-order valence-corrected chi connectivity index (χ3v) is 1.85. The summed E-state index contributed by atoms with van der Waals surface area (Å²) in [6.45, 7) is 16.3. The van der Waals surface area contributed by atoms with Crippen molar-refractivity contribution in [1.29, 1.82) is 0 Å². The molecule has 0 N–H and O–H groups in total. The quantitative estimate of drug-likeness (QED) is 0.542. The number of hydrogen-bond donors (Lipinski definition) is 0. The Morgan fingerprint density at radius 1 is 1.08 bits per heavy atom. The van der Waals surface area contributed by atoms with Gasteiger partial charge in [-0.2, -0.15) is 0 Å². The van der Waals surface area contributed by atoms with Crippen molar-refractivity contribution in [2.24, 2.45) is 0 Å². The largest absolute Gasteiger partial charge is 0.0958 e. The Kier molecular flexibility index (Phi) is 10.5. The molecule has 0 radical (unpaired) electrons. The summed E-state index contributed by atoms with van der Waals surface area (Å²) in [7, 11) is 0. The van der Waals surface area contributed by atoms with Crippen LogP contribution in [-0.2, 0) is 0 Å². The Hall–Kier alpha value is -0.780. The molecule has 0 aliphatic rings. The first-order valence-electron chi connectivity index (χ1n) is 5.07. The summed E-state index contributed by atoms with van der Waals surface area (Å²) in [5.74, 6) is 0. The molecule has 0 fully saturated rings. The van der Waals surface area contributed by atoms with Gasteiger partial charge in [0, 0.05) is 0 Å². The van der Waals surface area contributed by atoms with Crippen LogP contribution in [0.4, 0.5) is 0 Å². The van der Waals surface area contributed by atoms with E-state index in [1.807, 2.05) is 20.8 Å². The maximum atomic E-state index is 3.86. The van der Waals surface area contributed by atoms with Gasteiger partial charge in [-0.1, -0.05) is 50.6 Å². The minimum atomic E-state index is 1.12. The van der Waals surface area contributed by atoms with Gasteiger partial charge in [0.2, 0.25) is 0 Å². The van der Waals surface area contributed by atoms with Gasteiger partial charge in [0.1, 0.15) is 0 Å². The van der Waals surface area contributed by atoms with E-state index < -0.39 is 0 Å². The van der Waals surface area contributed by atoms with Crippen LogP contribution in [0.2, 0.25) is 0 Å². The average molecular weight is 180 g/mol. The molecule has 0 aliphatic carbocycles. The zero-order chi connectivity index (χ0) is 10.9. The highest BCUT2D eigenvalue weighted by Gasteiger charge is 1.86. The van der Waals surface area contributed by atoms with Gasteiger partial charge in [-0.05, 0) is 32.8 Å². The molecule has 0 unspecified atom stereocenters. The first kappa shape index (κ1) is 14.7. The molecular weight excluding hydrogens is 156 g/mol. The van der Waals surface area contributed by atoms with Gasteiger partial charge in [-0.25, -0.2) is 0 Å². The third kappa shape index (κ3) is 9.13. The van der Waals surface area contributed by atoms with Crippen molar-refractivity contribution in [3.05, 3.63) is 35.5 Å². The molecule has 0 aromatic rings. The number of rotatable bonds is 3. The van der Waals surface area contributed by atoms with E-state index in [1.165, 1.54) is 11.1 Å². The van der Waals surface area contributed by atoms with Crippen LogP contribution in [-0.4, -0.2) is 0 Å². The van der Waals surface area contributed by atoms with Crippen molar-refractivity contribution in [3.8, 4) is 0 Å². The highest BCUT2D eigenvalue weighted by atomic mass is 13.9. The lowest BCUT2D eigenvalue weighted by Crippen LogP contribution is -1.75. The van der Waals surface area contributed by atoms with Crippen molar-refractivity contribution in [1.82, 2.24) is 0 Å². The molecular formula is C13H24. The third-order valence-electron chi connectivity index (χ3n) is 1.85. The Morgan fingerprint density at radius 3 is 1.85 bits per heavy atom. The molecule has 0 saturated carbocycles. The molecule has 0 amide bonds. The van der Waals surface area contributed by atoms with E-state index in [2.05, 4.69) is 39.5 Å². The van der Waals surface area contributed by atoms with Gasteiger partial charge in [-0.3, -0.25) is 0 Å². The molecule has 0 heterocycles. The van der Waals surface area contributed by atoms with E-state index in [0.717, 1.165) is 12.0 Å². The summed E-state index contributed by atoms with van der Waals surface area (Å²) in [4.78, 5) is 0. The van der Waals surface area contributed by atoms with E-state index in [9.17, 15) is 0 Å². The maximum Gasteiger partial charge on any atom is -0.0349 e. The molecule has 0 atom stereocenters. The Labute approximate surface area is 84.1 Å². The van der Waals surface area contributed by atoms with Gasteiger partial charge in [0.15, 0.2) is 0 Å². The first-order chi connectivity index (χ1) is 6.07. The SMILES string of the molecule is C=C(C)/C(C)=C\C=C(\C)CC.CC. The second kappa shape index (κ2) is 9.31. The Morgan fingerprint density at radius 2 is 1.54 bits per heavy atom. The fraction of sp³-hybridized carbons (Fsp3) is 0.538. The molecule has 0 bridgehead atoms. The molecule has 0 heteroatoms. The molecule has 13 heavy (non-hydrogen) atoms. The van der Waals surface area contributed by atoms with Gasteiger partial charge < -0.3 is 0 Å². The lowest BCUT2D eigenvalue weighted by atomic mass is 10.1. The molecule has 0 spiro atoms. The number of allylic oxidation sites excluding steroid dienone is 5. The molecule has 0 aromatic heterocycles. The van der Waals surface area contributed by atoms with Crippen LogP contribution in [0, 0.1) is 0 Å². The minimum absolute atomic E-state index is 1.12. The summed E-state index contributed by atoms with van der Waals surface area (Å²) in [5.41, 5.74) is 3.81. The van der Waals surface area contributed by atoms with Crippen LogP contribution in [0.15, 0.2) is 35.5 Å². The standard InChI is InChI=1S/C11H18.C2H6/c1-6-10(4)7-8-11(5)9(2)3;1-2/h7-8H,2,6H2,1,3-5H3;1-2H3/b10-7-,11-8-;. The topological polar surface area (TPSA) is 0 Å². The predicted octanol–water partition coefficient (Wildman–Crippen LogP) is 4.89. The lowest BCUT2D eigenvalue weighted by Gasteiger charge is -1.96. The van der Waals surface area contributed by atoms with Crippen LogP contribution < -0.4 is 0 Å². The van der Waals surface area contributed by atoms with E-state index in [1.54, 1.807) is 0 Å². The van der Waals surface area contributed by atoms with Gasteiger partial charge in [0.05, 0.1) is 0 Å². The molecule has 76 valence electrons. The van der Waals surface area contributed by atoms with Crippen LogP contribution in [0.25, 0.3) is 0 Å². The van der Waals surface area contributed by atoms with Crippen molar-refractivity contribution < 1.29 is 0 Å². The van der Waals surface area contributed by atoms with Crippen LogP contribution in [0.3, 0.4) is 0 Å². The summed E-state index contributed by atoms with van der Waals surface area (Å²) in [5, 5.41) is 0. The molecule has 0 nitrogen and oxygen atoms in total. The van der Waals surface area contributed by atoms with E-state index in [-0.39, 0.29) is 0 Å². The van der Waals surface area contributed by atoms with E-state index in [0.29, 0.717) is 0 Å². The number of hydrogen-bond acceptors (Lipinski definition) is 0. The van der Waals surface area contributed by atoms with E-state index >= 15 is 0 Å². The van der Waals surface area contributed by atoms with E-state index in [4.69, 9.17) is 0 Å². The molecule has 0 saturated heterocycles. The summed E-state index contributed by atoms with van der Waals surface area (Å²) < 4.78 is 0. The Bertz CT molecular complexity index is 192. The van der Waals surface area contributed by atoms with Gasteiger partial charge in [-0.15, -0.1) is 0 Å². The van der Waals surface area contributed by atoms with Gasteiger partial charge in [0.25, 0.3) is 0 Å². The van der Waals surface area contributed by atoms with Crippen molar-refractivity contribution in [2.75, 3.05) is 0 Å². The Balaban J connectivity index is 0. The normalized spacial score (nSPS) is 11.8. The first-order valence-corrected chi connectivity index (χ1v) is 5.07. The zero-order valence-electron chi connectivity index (χ0n) is 10.1. The summed E-state index contributed by atoms with van der Waals surface area (Å²) in [6, 6.07) is 0. The predicted molar refractivity (Wildman–Crippen MR) is 64.0 cm³/mol. The molecule has 0 aliphatic heterocycles. The maximum absolute atomic E-state index is 3.86. The lowest BCUT2D eigenvalue weighted by molar-refractivity contribution is 1.10. The molecule has 0 aromatic carbocycles. The van der Waals surface area contributed by atoms with Crippen molar-refractivity contribution in [2.45, 2.75) is 48.0 Å². The highest BCUT2D eigenvalue weighted by Crippen LogP contribution is 2.06. The highest BCUT2D eigenvalue weighted by molar-refractivity contribution is 5.28. The van der Waals surface area contributed by atoms with Crippen LogP contribution in [0.5, 0.6) is 0 Å². The fourth-order valence-corrected chi connectivity index (χ4v) is 0.527.